The van der Waals surface area contributed by atoms with Gasteiger partial charge < -0.3 is 20.5 Å². The lowest BCUT2D eigenvalue weighted by Crippen LogP contribution is -2.45. The Hall–Kier alpha value is -2.24. The van der Waals surface area contributed by atoms with Gasteiger partial charge in [0.25, 0.3) is 0 Å². The quantitative estimate of drug-likeness (QED) is 0.743. The summed E-state index contributed by atoms with van der Waals surface area (Å²) in [6, 6.07) is 5.72. The van der Waals surface area contributed by atoms with Crippen molar-refractivity contribution in [1.29, 1.82) is 0 Å². The first kappa shape index (κ1) is 12.2. The molecule has 0 aromatic heterocycles. The predicted octanol–water partition coefficient (Wildman–Crippen LogP) is 0.892. The molecule has 1 aromatic carbocycles. The number of carbonyl (C=O) groups excluding carboxylic acids is 1. The summed E-state index contributed by atoms with van der Waals surface area (Å²) < 4.78 is 5.41. The normalized spacial score (nSPS) is 18.4. The number of fused-ring (bicyclic) bond motifs is 1. The maximum absolute atomic E-state index is 11.6. The van der Waals surface area contributed by atoms with Gasteiger partial charge >= 0.3 is 12.0 Å². The van der Waals surface area contributed by atoms with Crippen molar-refractivity contribution in [3.05, 3.63) is 29.8 Å². The standard InChI is InChI=1S/C12H14N2O4/c1-7(11(15)16)13-12(17)14-9-6-18-10-5-3-2-4-8(9)10/h2-5,7,9H,6H2,1H3,(H,15,16)(H2,13,14,17). The van der Waals surface area contributed by atoms with Gasteiger partial charge in [-0.05, 0) is 13.0 Å². The number of rotatable bonds is 3. The highest BCUT2D eigenvalue weighted by Crippen LogP contribution is 2.31. The van der Waals surface area contributed by atoms with Crippen molar-refractivity contribution >= 4 is 12.0 Å². The van der Waals surface area contributed by atoms with E-state index in [1.165, 1.54) is 6.92 Å². The Morgan fingerprint density at radius 1 is 1.44 bits per heavy atom. The molecule has 2 atom stereocenters. The first-order chi connectivity index (χ1) is 8.58. The SMILES string of the molecule is CC(NC(=O)NC1COc2ccccc21)C(=O)O. The van der Waals surface area contributed by atoms with E-state index in [1.807, 2.05) is 24.3 Å². The van der Waals surface area contributed by atoms with E-state index in [0.717, 1.165) is 11.3 Å². The Labute approximate surface area is 104 Å². The fraction of sp³-hybridized carbons (Fsp3) is 0.333. The highest BCUT2D eigenvalue weighted by Gasteiger charge is 2.25. The smallest absolute Gasteiger partial charge is 0.325 e. The molecule has 0 saturated heterocycles. The van der Waals surface area contributed by atoms with Gasteiger partial charge in [0.1, 0.15) is 18.4 Å². The second kappa shape index (κ2) is 4.95. The molecule has 2 unspecified atom stereocenters. The van der Waals surface area contributed by atoms with Crippen LogP contribution in [0.3, 0.4) is 0 Å². The third-order valence-electron chi connectivity index (χ3n) is 2.72. The van der Waals surface area contributed by atoms with E-state index in [4.69, 9.17) is 9.84 Å². The van der Waals surface area contributed by atoms with Crippen LogP contribution in [0.4, 0.5) is 4.79 Å². The summed E-state index contributed by atoms with van der Waals surface area (Å²) in [5.41, 5.74) is 0.899. The first-order valence-electron chi connectivity index (χ1n) is 5.59. The Morgan fingerprint density at radius 2 is 2.17 bits per heavy atom. The van der Waals surface area contributed by atoms with Crippen LogP contribution in [0.2, 0.25) is 0 Å². The number of ether oxygens (including phenoxy) is 1. The van der Waals surface area contributed by atoms with Crippen LogP contribution in [0.1, 0.15) is 18.5 Å². The molecule has 2 rings (SSSR count). The summed E-state index contributed by atoms with van der Waals surface area (Å²) in [7, 11) is 0. The summed E-state index contributed by atoms with van der Waals surface area (Å²) in [6.45, 7) is 1.76. The van der Waals surface area contributed by atoms with E-state index in [1.54, 1.807) is 0 Å². The van der Waals surface area contributed by atoms with Gasteiger partial charge in [0.15, 0.2) is 0 Å². The van der Waals surface area contributed by atoms with Crippen molar-refractivity contribution in [3.8, 4) is 5.75 Å². The number of para-hydroxylation sites is 1. The van der Waals surface area contributed by atoms with Crippen molar-refractivity contribution in [2.45, 2.75) is 19.0 Å². The van der Waals surface area contributed by atoms with Gasteiger partial charge in [-0.15, -0.1) is 0 Å². The lowest BCUT2D eigenvalue weighted by atomic mass is 10.1. The zero-order valence-electron chi connectivity index (χ0n) is 9.84. The summed E-state index contributed by atoms with van der Waals surface area (Å²) in [6.07, 6.45) is 0. The van der Waals surface area contributed by atoms with Gasteiger partial charge in [0, 0.05) is 5.56 Å². The van der Waals surface area contributed by atoms with Crippen LogP contribution in [0.5, 0.6) is 5.75 Å². The van der Waals surface area contributed by atoms with Gasteiger partial charge in [-0.1, -0.05) is 18.2 Å². The maximum atomic E-state index is 11.6. The van der Waals surface area contributed by atoms with Crippen molar-refractivity contribution in [3.63, 3.8) is 0 Å². The van der Waals surface area contributed by atoms with Crippen LogP contribution in [-0.2, 0) is 4.79 Å². The third kappa shape index (κ3) is 2.53. The molecule has 3 N–H and O–H groups in total. The molecule has 6 nitrogen and oxygen atoms in total. The number of carbonyl (C=O) groups is 2. The van der Waals surface area contributed by atoms with Crippen LogP contribution in [0.15, 0.2) is 24.3 Å². The lowest BCUT2D eigenvalue weighted by molar-refractivity contribution is -0.138. The van der Waals surface area contributed by atoms with Crippen LogP contribution >= 0.6 is 0 Å². The average molecular weight is 250 g/mol. The molecule has 2 amide bonds. The van der Waals surface area contributed by atoms with Crippen molar-refractivity contribution in [2.24, 2.45) is 0 Å². The number of aliphatic carboxylic acids is 1. The van der Waals surface area contributed by atoms with E-state index in [2.05, 4.69) is 10.6 Å². The second-order valence-corrected chi connectivity index (χ2v) is 4.08. The number of carboxylic acids is 1. The molecule has 18 heavy (non-hydrogen) atoms. The van der Waals surface area contributed by atoms with Gasteiger partial charge in [0.05, 0.1) is 6.04 Å². The Kier molecular flexibility index (Phi) is 3.36. The van der Waals surface area contributed by atoms with Crippen LogP contribution in [0, 0.1) is 0 Å². The monoisotopic (exact) mass is 250 g/mol. The molecule has 6 heteroatoms. The molecule has 1 aliphatic rings. The summed E-state index contributed by atoms with van der Waals surface area (Å²) in [4.78, 5) is 22.2. The highest BCUT2D eigenvalue weighted by molar-refractivity contribution is 5.82. The summed E-state index contributed by atoms with van der Waals surface area (Å²) in [5, 5.41) is 13.7. The number of benzene rings is 1. The molecule has 1 aliphatic heterocycles. The molecular weight excluding hydrogens is 236 g/mol. The van der Waals surface area contributed by atoms with Crippen LogP contribution < -0.4 is 15.4 Å². The van der Waals surface area contributed by atoms with Gasteiger partial charge in [-0.2, -0.15) is 0 Å². The van der Waals surface area contributed by atoms with Gasteiger partial charge in [-0.3, -0.25) is 4.79 Å². The van der Waals surface area contributed by atoms with Crippen molar-refractivity contribution < 1.29 is 19.4 Å². The average Bonchev–Trinajstić information content (AvgIpc) is 2.72. The van der Waals surface area contributed by atoms with Crippen molar-refractivity contribution in [1.82, 2.24) is 10.6 Å². The molecule has 0 bridgehead atoms. The number of hydrogen-bond acceptors (Lipinski definition) is 3. The molecular formula is C12H14N2O4. The minimum absolute atomic E-state index is 0.248. The Balaban J connectivity index is 1.96. The molecule has 1 heterocycles. The fourth-order valence-corrected chi connectivity index (χ4v) is 1.74. The summed E-state index contributed by atoms with van der Waals surface area (Å²) in [5.74, 6) is -0.331. The highest BCUT2D eigenvalue weighted by atomic mass is 16.5. The van der Waals surface area contributed by atoms with E-state index < -0.39 is 18.0 Å². The van der Waals surface area contributed by atoms with E-state index in [0.29, 0.717) is 6.61 Å². The minimum atomic E-state index is -1.08. The maximum Gasteiger partial charge on any atom is 0.325 e. The third-order valence-corrected chi connectivity index (χ3v) is 2.72. The first-order valence-corrected chi connectivity index (χ1v) is 5.59. The lowest BCUT2D eigenvalue weighted by Gasteiger charge is -2.14. The van der Waals surface area contributed by atoms with E-state index in [-0.39, 0.29) is 6.04 Å². The summed E-state index contributed by atoms with van der Waals surface area (Å²) >= 11 is 0. The largest absolute Gasteiger partial charge is 0.491 e. The fourth-order valence-electron chi connectivity index (χ4n) is 1.74. The molecule has 0 spiro atoms. The topological polar surface area (TPSA) is 87.7 Å². The molecule has 0 radical (unpaired) electrons. The minimum Gasteiger partial charge on any atom is -0.491 e. The number of amides is 2. The predicted molar refractivity (Wildman–Crippen MR) is 63.4 cm³/mol. The van der Waals surface area contributed by atoms with Crippen molar-refractivity contribution in [2.75, 3.05) is 6.61 Å². The van der Waals surface area contributed by atoms with Crippen LogP contribution in [-0.4, -0.2) is 29.8 Å². The molecule has 96 valence electrons. The zero-order valence-corrected chi connectivity index (χ0v) is 9.84. The Morgan fingerprint density at radius 3 is 2.89 bits per heavy atom. The second-order valence-electron chi connectivity index (χ2n) is 4.08. The molecule has 0 fully saturated rings. The van der Waals surface area contributed by atoms with Gasteiger partial charge in [-0.25, -0.2) is 4.79 Å². The van der Waals surface area contributed by atoms with E-state index >= 15 is 0 Å². The Bertz CT molecular complexity index is 475. The van der Waals surface area contributed by atoms with Crippen LogP contribution in [0.25, 0.3) is 0 Å². The molecule has 0 aliphatic carbocycles. The molecule has 0 saturated carbocycles. The number of nitrogens with one attached hydrogen (secondary N) is 2. The van der Waals surface area contributed by atoms with Gasteiger partial charge in [0.2, 0.25) is 0 Å². The number of hydrogen-bond donors (Lipinski definition) is 3. The van der Waals surface area contributed by atoms with E-state index in [9.17, 15) is 9.59 Å². The zero-order chi connectivity index (χ0) is 13.1. The number of carboxylic acid groups (broad SMARTS) is 1. The molecule has 1 aromatic rings. The number of urea groups is 1.